The van der Waals surface area contributed by atoms with Gasteiger partial charge in [0, 0.05) is 6.42 Å². The van der Waals surface area contributed by atoms with Crippen molar-refractivity contribution in [1.82, 2.24) is 0 Å². The van der Waals surface area contributed by atoms with Crippen LogP contribution in [-0.4, -0.2) is 16.8 Å². The van der Waals surface area contributed by atoms with Gasteiger partial charge < -0.3 is 0 Å². The number of hydrogen-bond acceptors (Lipinski definition) is 2. The molecule has 1 atom stereocenters. The molecule has 0 aromatic carbocycles. The molecule has 64 valence electrons. The predicted octanol–water partition coefficient (Wildman–Crippen LogP) is 2.64. The molecular weight excluding hydrogens is 156 g/mol. The molecule has 1 rings (SSSR count). The number of rotatable bonds is 3. The van der Waals surface area contributed by atoms with Crippen LogP contribution in [0.4, 0.5) is 0 Å². The maximum Gasteiger partial charge on any atom is 0.145 e. The standard InChI is InChI=1S/C9H16OS/c1-2-7-11-9-6-4-3-5-8(9)10/h9H,2-7H2,1H3. The van der Waals surface area contributed by atoms with E-state index in [1.165, 1.54) is 12.8 Å². The van der Waals surface area contributed by atoms with Crippen LogP contribution < -0.4 is 0 Å². The minimum absolute atomic E-state index is 0.351. The summed E-state index contributed by atoms with van der Waals surface area (Å²) >= 11 is 1.86. The van der Waals surface area contributed by atoms with Crippen molar-refractivity contribution in [2.75, 3.05) is 5.75 Å². The van der Waals surface area contributed by atoms with Gasteiger partial charge in [-0.15, -0.1) is 0 Å². The summed E-state index contributed by atoms with van der Waals surface area (Å²) in [6, 6.07) is 0. The van der Waals surface area contributed by atoms with Gasteiger partial charge in [0.05, 0.1) is 5.25 Å². The summed E-state index contributed by atoms with van der Waals surface area (Å²) in [5, 5.41) is 0.351. The Kier molecular flexibility index (Phi) is 3.98. The van der Waals surface area contributed by atoms with Crippen LogP contribution in [0.2, 0.25) is 0 Å². The van der Waals surface area contributed by atoms with E-state index < -0.39 is 0 Å². The SMILES string of the molecule is CCCSC1CCCCC1=O. The molecule has 11 heavy (non-hydrogen) atoms. The van der Waals surface area contributed by atoms with E-state index in [1.54, 1.807) is 0 Å². The van der Waals surface area contributed by atoms with Gasteiger partial charge in [-0.05, 0) is 25.0 Å². The zero-order valence-electron chi connectivity index (χ0n) is 7.14. The first kappa shape index (κ1) is 9.11. The molecule has 2 heteroatoms. The van der Waals surface area contributed by atoms with Crippen molar-refractivity contribution in [3.8, 4) is 0 Å². The highest BCUT2D eigenvalue weighted by Crippen LogP contribution is 2.25. The van der Waals surface area contributed by atoms with E-state index >= 15 is 0 Å². The Morgan fingerprint density at radius 3 is 3.00 bits per heavy atom. The van der Waals surface area contributed by atoms with Crippen LogP contribution in [0.15, 0.2) is 0 Å². The molecule has 0 heterocycles. The first-order chi connectivity index (χ1) is 5.34. The molecule has 0 amide bonds. The van der Waals surface area contributed by atoms with Crippen molar-refractivity contribution in [3.63, 3.8) is 0 Å². The Balaban J connectivity index is 2.24. The Morgan fingerprint density at radius 1 is 1.55 bits per heavy atom. The highest BCUT2D eigenvalue weighted by Gasteiger charge is 2.21. The van der Waals surface area contributed by atoms with Crippen LogP contribution in [0.25, 0.3) is 0 Å². The minimum Gasteiger partial charge on any atom is -0.298 e. The second-order valence-electron chi connectivity index (χ2n) is 3.07. The van der Waals surface area contributed by atoms with Crippen molar-refractivity contribution >= 4 is 17.5 Å². The molecule has 0 bridgehead atoms. The molecule has 1 saturated carbocycles. The fourth-order valence-electron chi connectivity index (χ4n) is 1.39. The van der Waals surface area contributed by atoms with Crippen molar-refractivity contribution in [1.29, 1.82) is 0 Å². The Hall–Kier alpha value is 0.0200. The zero-order chi connectivity index (χ0) is 8.10. The summed E-state index contributed by atoms with van der Waals surface area (Å²) < 4.78 is 0. The van der Waals surface area contributed by atoms with E-state index in [1.807, 2.05) is 11.8 Å². The van der Waals surface area contributed by atoms with E-state index in [-0.39, 0.29) is 0 Å². The number of carbonyl (C=O) groups is 1. The topological polar surface area (TPSA) is 17.1 Å². The fourth-order valence-corrected chi connectivity index (χ4v) is 2.54. The molecular formula is C9H16OS. The first-order valence-electron chi connectivity index (χ1n) is 4.49. The Bertz CT molecular complexity index is 134. The first-order valence-corrected chi connectivity index (χ1v) is 5.53. The van der Waals surface area contributed by atoms with E-state index in [9.17, 15) is 4.79 Å². The van der Waals surface area contributed by atoms with Gasteiger partial charge in [-0.2, -0.15) is 11.8 Å². The molecule has 0 N–H and O–H groups in total. The molecule has 0 saturated heterocycles. The van der Waals surface area contributed by atoms with Crippen molar-refractivity contribution in [3.05, 3.63) is 0 Å². The van der Waals surface area contributed by atoms with E-state index in [4.69, 9.17) is 0 Å². The number of Topliss-reactive ketones (excluding diaryl/α,β-unsaturated/α-hetero) is 1. The zero-order valence-corrected chi connectivity index (χ0v) is 7.95. The minimum atomic E-state index is 0.351. The van der Waals surface area contributed by atoms with Gasteiger partial charge in [0.2, 0.25) is 0 Å². The average molecular weight is 172 g/mol. The predicted molar refractivity (Wildman–Crippen MR) is 50.0 cm³/mol. The van der Waals surface area contributed by atoms with Gasteiger partial charge in [-0.3, -0.25) is 4.79 Å². The molecule has 0 aromatic rings. The molecule has 1 fully saturated rings. The van der Waals surface area contributed by atoms with Crippen LogP contribution in [0.3, 0.4) is 0 Å². The van der Waals surface area contributed by atoms with Gasteiger partial charge >= 0.3 is 0 Å². The smallest absolute Gasteiger partial charge is 0.145 e. The summed E-state index contributed by atoms with van der Waals surface area (Å²) in [5.41, 5.74) is 0. The van der Waals surface area contributed by atoms with Crippen LogP contribution >= 0.6 is 11.8 Å². The van der Waals surface area contributed by atoms with Gasteiger partial charge in [0.15, 0.2) is 0 Å². The summed E-state index contributed by atoms with van der Waals surface area (Å²) in [6.45, 7) is 2.17. The lowest BCUT2D eigenvalue weighted by atomic mass is 9.99. The van der Waals surface area contributed by atoms with Crippen molar-refractivity contribution in [2.45, 2.75) is 44.3 Å². The maximum absolute atomic E-state index is 11.3. The second kappa shape index (κ2) is 4.81. The molecule has 1 unspecified atom stereocenters. The van der Waals surface area contributed by atoms with Crippen LogP contribution in [-0.2, 0) is 4.79 Å². The summed E-state index contributed by atoms with van der Waals surface area (Å²) in [5.74, 6) is 1.64. The van der Waals surface area contributed by atoms with Crippen molar-refractivity contribution < 1.29 is 4.79 Å². The molecule has 1 nitrogen and oxygen atoms in total. The van der Waals surface area contributed by atoms with E-state index in [2.05, 4.69) is 6.92 Å². The molecule has 1 aliphatic carbocycles. The molecule has 0 spiro atoms. The normalized spacial score (nSPS) is 25.5. The lowest BCUT2D eigenvalue weighted by Gasteiger charge is -2.19. The number of ketones is 1. The highest BCUT2D eigenvalue weighted by molar-refractivity contribution is 8.00. The fraction of sp³-hybridized carbons (Fsp3) is 0.889. The molecule has 1 aliphatic rings. The van der Waals surface area contributed by atoms with Gasteiger partial charge in [-0.1, -0.05) is 13.3 Å². The summed E-state index contributed by atoms with van der Waals surface area (Å²) in [7, 11) is 0. The maximum atomic E-state index is 11.3. The van der Waals surface area contributed by atoms with Crippen LogP contribution in [0.5, 0.6) is 0 Å². The third-order valence-corrected chi connectivity index (χ3v) is 3.57. The Morgan fingerprint density at radius 2 is 2.36 bits per heavy atom. The average Bonchev–Trinajstić information content (AvgIpc) is 2.03. The van der Waals surface area contributed by atoms with E-state index in [0.29, 0.717) is 11.0 Å². The summed E-state index contributed by atoms with van der Waals surface area (Å²) in [4.78, 5) is 11.3. The lowest BCUT2D eigenvalue weighted by Crippen LogP contribution is -2.21. The molecule has 0 radical (unpaired) electrons. The second-order valence-corrected chi connectivity index (χ2v) is 4.38. The largest absolute Gasteiger partial charge is 0.298 e. The summed E-state index contributed by atoms with van der Waals surface area (Å²) in [6.07, 6.45) is 5.54. The number of carbonyl (C=O) groups excluding carboxylic acids is 1. The highest BCUT2D eigenvalue weighted by atomic mass is 32.2. The third kappa shape index (κ3) is 2.86. The third-order valence-electron chi connectivity index (χ3n) is 2.02. The van der Waals surface area contributed by atoms with Gasteiger partial charge in [0.25, 0.3) is 0 Å². The lowest BCUT2D eigenvalue weighted by molar-refractivity contribution is -0.119. The Labute approximate surface area is 72.9 Å². The number of hydrogen-bond donors (Lipinski definition) is 0. The van der Waals surface area contributed by atoms with Gasteiger partial charge in [0.1, 0.15) is 5.78 Å². The quantitative estimate of drug-likeness (QED) is 0.651. The van der Waals surface area contributed by atoms with Gasteiger partial charge in [-0.25, -0.2) is 0 Å². The van der Waals surface area contributed by atoms with E-state index in [0.717, 1.165) is 25.0 Å². The van der Waals surface area contributed by atoms with Crippen LogP contribution in [0, 0.1) is 0 Å². The number of thioether (sulfide) groups is 1. The molecule has 0 aliphatic heterocycles. The van der Waals surface area contributed by atoms with Crippen LogP contribution in [0.1, 0.15) is 39.0 Å². The monoisotopic (exact) mass is 172 g/mol. The van der Waals surface area contributed by atoms with Crippen molar-refractivity contribution in [2.24, 2.45) is 0 Å². The molecule has 0 aromatic heterocycles.